The zero-order valence-corrected chi connectivity index (χ0v) is 12.9. The number of likely N-dealkylation sites (N-methyl/N-ethyl adjacent to an activating group) is 2. The van der Waals surface area contributed by atoms with Gasteiger partial charge in [-0.2, -0.15) is 4.98 Å². The molecule has 1 saturated carbocycles. The fourth-order valence-electron chi connectivity index (χ4n) is 3.23. The molecule has 1 aliphatic carbocycles. The Bertz CT molecular complexity index is 502. The van der Waals surface area contributed by atoms with Crippen molar-refractivity contribution >= 4 is 5.78 Å². The summed E-state index contributed by atoms with van der Waals surface area (Å²) in [7, 11) is 4.19. The molecule has 2 heterocycles. The van der Waals surface area contributed by atoms with Crippen LogP contribution in [0.1, 0.15) is 55.8 Å². The van der Waals surface area contributed by atoms with Gasteiger partial charge in [0, 0.05) is 26.1 Å². The highest BCUT2D eigenvalue weighted by Crippen LogP contribution is 2.29. The largest absolute Gasteiger partial charge is 0.338 e. The number of carbonyl (C=O) groups is 1. The van der Waals surface area contributed by atoms with Crippen molar-refractivity contribution < 1.29 is 9.32 Å². The molecule has 1 saturated heterocycles. The molecule has 0 radical (unpaired) electrons. The third-order valence-electron chi connectivity index (χ3n) is 4.71. The average molecular weight is 292 g/mol. The Morgan fingerprint density at radius 1 is 1.19 bits per heavy atom. The predicted molar refractivity (Wildman–Crippen MR) is 78.0 cm³/mol. The van der Waals surface area contributed by atoms with Crippen LogP contribution in [0.5, 0.6) is 0 Å². The molecule has 0 spiro atoms. The van der Waals surface area contributed by atoms with Gasteiger partial charge in [-0.25, -0.2) is 0 Å². The topological polar surface area (TPSA) is 62.5 Å². The standard InChI is InChI=1S/C15H24N4O2/c1-18-8-9-19(2)12(10-18)14-16-15(21-17-14)11-6-4-3-5-7-13(11)20/h11-12H,3-10H2,1-2H3. The molecule has 1 aromatic heterocycles. The summed E-state index contributed by atoms with van der Waals surface area (Å²) in [6, 6.07) is 0.155. The molecule has 2 unspecified atom stereocenters. The highest BCUT2D eigenvalue weighted by atomic mass is 16.5. The molecule has 6 nitrogen and oxygen atoms in total. The molecule has 21 heavy (non-hydrogen) atoms. The lowest BCUT2D eigenvalue weighted by molar-refractivity contribution is -0.120. The van der Waals surface area contributed by atoms with Gasteiger partial charge in [-0.1, -0.05) is 18.0 Å². The minimum absolute atomic E-state index is 0.155. The summed E-state index contributed by atoms with van der Waals surface area (Å²) in [6.07, 6.45) is 4.68. The number of ketones is 1. The van der Waals surface area contributed by atoms with Gasteiger partial charge in [0.25, 0.3) is 0 Å². The molecule has 0 amide bonds. The van der Waals surface area contributed by atoms with Crippen LogP contribution in [0.4, 0.5) is 0 Å². The van der Waals surface area contributed by atoms with Gasteiger partial charge < -0.3 is 9.42 Å². The van der Waals surface area contributed by atoms with Crippen LogP contribution in [0.15, 0.2) is 4.52 Å². The van der Waals surface area contributed by atoms with Crippen LogP contribution >= 0.6 is 0 Å². The van der Waals surface area contributed by atoms with Crippen molar-refractivity contribution in [2.45, 2.75) is 44.1 Å². The van der Waals surface area contributed by atoms with Gasteiger partial charge in [-0.3, -0.25) is 9.69 Å². The van der Waals surface area contributed by atoms with E-state index in [4.69, 9.17) is 4.52 Å². The lowest BCUT2D eigenvalue weighted by Crippen LogP contribution is -2.45. The van der Waals surface area contributed by atoms with Crippen molar-refractivity contribution in [3.8, 4) is 0 Å². The molecular weight excluding hydrogens is 268 g/mol. The fraction of sp³-hybridized carbons (Fsp3) is 0.800. The summed E-state index contributed by atoms with van der Waals surface area (Å²) in [5.74, 6) is 1.33. The van der Waals surface area contributed by atoms with Crippen molar-refractivity contribution in [2.75, 3.05) is 33.7 Å². The average Bonchev–Trinajstić information content (AvgIpc) is 2.84. The number of Topliss-reactive ketones (excluding diaryl/α,β-unsaturated/α-hetero) is 1. The van der Waals surface area contributed by atoms with E-state index in [1.54, 1.807) is 0 Å². The minimum atomic E-state index is -0.180. The van der Waals surface area contributed by atoms with Gasteiger partial charge in [0.05, 0.1) is 12.0 Å². The Morgan fingerprint density at radius 3 is 2.90 bits per heavy atom. The van der Waals surface area contributed by atoms with E-state index >= 15 is 0 Å². The van der Waals surface area contributed by atoms with Gasteiger partial charge in [-0.15, -0.1) is 0 Å². The van der Waals surface area contributed by atoms with Crippen LogP contribution in [-0.2, 0) is 4.79 Å². The molecule has 0 aromatic carbocycles. The monoisotopic (exact) mass is 292 g/mol. The maximum Gasteiger partial charge on any atom is 0.237 e. The van der Waals surface area contributed by atoms with E-state index in [1.165, 1.54) is 0 Å². The molecule has 116 valence electrons. The van der Waals surface area contributed by atoms with E-state index in [0.29, 0.717) is 12.3 Å². The van der Waals surface area contributed by atoms with Gasteiger partial charge in [-0.05, 0) is 26.9 Å². The highest BCUT2D eigenvalue weighted by Gasteiger charge is 2.32. The number of carbonyl (C=O) groups excluding carboxylic acids is 1. The Morgan fingerprint density at radius 2 is 2.05 bits per heavy atom. The first-order valence-corrected chi connectivity index (χ1v) is 7.90. The SMILES string of the molecule is CN1CCN(C)C(c2noc(C3CCCCCC3=O)n2)C1. The van der Waals surface area contributed by atoms with Crippen molar-refractivity contribution in [2.24, 2.45) is 0 Å². The second-order valence-electron chi connectivity index (χ2n) is 6.37. The van der Waals surface area contributed by atoms with Gasteiger partial charge in [0.1, 0.15) is 5.78 Å². The molecule has 0 bridgehead atoms. The van der Waals surface area contributed by atoms with Crippen LogP contribution < -0.4 is 0 Å². The van der Waals surface area contributed by atoms with Crippen LogP contribution in [0, 0.1) is 0 Å². The molecule has 2 fully saturated rings. The van der Waals surface area contributed by atoms with Crippen molar-refractivity contribution in [1.82, 2.24) is 19.9 Å². The first-order chi connectivity index (χ1) is 10.1. The molecule has 1 aliphatic heterocycles. The molecule has 2 atom stereocenters. The van der Waals surface area contributed by atoms with Crippen molar-refractivity contribution in [3.63, 3.8) is 0 Å². The summed E-state index contributed by atoms with van der Waals surface area (Å²) < 4.78 is 5.44. The first-order valence-electron chi connectivity index (χ1n) is 7.90. The number of rotatable bonds is 2. The Labute approximate surface area is 125 Å². The molecule has 1 aromatic rings. The highest BCUT2D eigenvalue weighted by molar-refractivity contribution is 5.84. The predicted octanol–water partition coefficient (Wildman–Crippen LogP) is 1.60. The number of piperazine rings is 1. The van der Waals surface area contributed by atoms with Gasteiger partial charge in [0.2, 0.25) is 5.89 Å². The third kappa shape index (κ3) is 3.16. The molecule has 6 heteroatoms. The molecule has 2 aliphatic rings. The van der Waals surface area contributed by atoms with E-state index in [-0.39, 0.29) is 17.7 Å². The van der Waals surface area contributed by atoms with Crippen LogP contribution in [0.25, 0.3) is 0 Å². The second kappa shape index (κ2) is 6.23. The minimum Gasteiger partial charge on any atom is -0.338 e. The number of hydrogen-bond acceptors (Lipinski definition) is 6. The fourth-order valence-corrected chi connectivity index (χ4v) is 3.23. The summed E-state index contributed by atoms with van der Waals surface area (Å²) in [5.41, 5.74) is 0. The molecule has 0 N–H and O–H groups in total. The van der Waals surface area contributed by atoms with Crippen LogP contribution in [0.2, 0.25) is 0 Å². The van der Waals surface area contributed by atoms with Gasteiger partial charge >= 0.3 is 0 Å². The maximum absolute atomic E-state index is 12.2. The Hall–Kier alpha value is -1.27. The number of hydrogen-bond donors (Lipinski definition) is 0. The Balaban J connectivity index is 1.77. The summed E-state index contributed by atoms with van der Waals surface area (Å²) in [5, 5.41) is 4.16. The molecule has 3 rings (SSSR count). The first kappa shape index (κ1) is 14.7. The number of nitrogens with zero attached hydrogens (tertiary/aromatic N) is 4. The normalized spacial score (nSPS) is 29.5. The number of aromatic nitrogens is 2. The summed E-state index contributed by atoms with van der Waals surface area (Å²) in [6.45, 7) is 2.94. The van der Waals surface area contributed by atoms with Crippen molar-refractivity contribution in [3.05, 3.63) is 11.7 Å². The van der Waals surface area contributed by atoms with Crippen LogP contribution in [-0.4, -0.2) is 59.5 Å². The van der Waals surface area contributed by atoms with E-state index < -0.39 is 0 Å². The lowest BCUT2D eigenvalue weighted by Gasteiger charge is -2.35. The third-order valence-corrected chi connectivity index (χ3v) is 4.71. The smallest absolute Gasteiger partial charge is 0.237 e. The maximum atomic E-state index is 12.2. The zero-order chi connectivity index (χ0) is 14.8. The second-order valence-corrected chi connectivity index (χ2v) is 6.37. The van der Waals surface area contributed by atoms with Gasteiger partial charge in [0.15, 0.2) is 5.82 Å². The quantitative estimate of drug-likeness (QED) is 0.772. The van der Waals surface area contributed by atoms with E-state index in [9.17, 15) is 4.79 Å². The van der Waals surface area contributed by atoms with Crippen LogP contribution in [0.3, 0.4) is 0 Å². The van der Waals surface area contributed by atoms with E-state index in [2.05, 4.69) is 34.0 Å². The van der Waals surface area contributed by atoms with E-state index in [1.807, 2.05) is 0 Å². The summed E-state index contributed by atoms with van der Waals surface area (Å²) >= 11 is 0. The summed E-state index contributed by atoms with van der Waals surface area (Å²) in [4.78, 5) is 21.3. The Kier molecular flexibility index (Phi) is 4.35. The lowest BCUT2D eigenvalue weighted by atomic mass is 9.99. The zero-order valence-electron chi connectivity index (χ0n) is 12.9. The van der Waals surface area contributed by atoms with Crippen molar-refractivity contribution in [1.29, 1.82) is 0 Å². The van der Waals surface area contributed by atoms with E-state index in [0.717, 1.165) is 51.1 Å². The molecular formula is C15H24N4O2.